The van der Waals surface area contributed by atoms with Crippen LogP contribution >= 0.6 is 23.8 Å². The van der Waals surface area contributed by atoms with E-state index in [4.69, 9.17) is 33.3 Å². The second-order valence-corrected chi connectivity index (χ2v) is 7.16. The number of rotatable bonds is 6. The maximum absolute atomic E-state index is 11.3. The van der Waals surface area contributed by atoms with Crippen LogP contribution in [0.25, 0.3) is 0 Å². The molecule has 0 aliphatic carbocycles. The van der Waals surface area contributed by atoms with Gasteiger partial charge in [-0.3, -0.25) is 10.1 Å². The van der Waals surface area contributed by atoms with Crippen LogP contribution in [0.15, 0.2) is 60.7 Å². The topological polar surface area (TPSA) is 85.7 Å². The summed E-state index contributed by atoms with van der Waals surface area (Å²) in [5.41, 5.74) is 1.96. The van der Waals surface area contributed by atoms with Gasteiger partial charge in [0.15, 0.2) is 5.11 Å². The van der Waals surface area contributed by atoms with Gasteiger partial charge in [0.25, 0.3) is 5.69 Å². The Morgan fingerprint density at radius 3 is 2.43 bits per heavy atom. The van der Waals surface area contributed by atoms with Gasteiger partial charge in [0, 0.05) is 17.2 Å². The van der Waals surface area contributed by atoms with Crippen molar-refractivity contribution in [2.24, 2.45) is 0 Å². The standard InChI is InChI=1S/C21H18ClN3O4S/c1-13-3-8-20(28-2)19(9-13)24-21(30)23-15-10-16(25(26)27)12-18(11-15)29-17-6-4-14(22)5-7-17/h3-12H,1-2H3,(H2,23,24,30). The van der Waals surface area contributed by atoms with Gasteiger partial charge in [0.05, 0.1) is 29.5 Å². The Morgan fingerprint density at radius 1 is 1.03 bits per heavy atom. The third-order valence-corrected chi connectivity index (χ3v) is 4.47. The van der Waals surface area contributed by atoms with Gasteiger partial charge in [-0.15, -0.1) is 0 Å². The number of thiocarbonyl (C=S) groups is 1. The Morgan fingerprint density at radius 2 is 1.77 bits per heavy atom. The molecule has 0 bridgehead atoms. The van der Waals surface area contributed by atoms with Crippen LogP contribution < -0.4 is 20.1 Å². The molecule has 0 aliphatic rings. The molecule has 30 heavy (non-hydrogen) atoms. The highest BCUT2D eigenvalue weighted by molar-refractivity contribution is 7.80. The van der Waals surface area contributed by atoms with Gasteiger partial charge < -0.3 is 20.1 Å². The molecular formula is C21H18ClN3O4S. The van der Waals surface area contributed by atoms with Crippen molar-refractivity contribution in [1.82, 2.24) is 0 Å². The van der Waals surface area contributed by atoms with E-state index in [2.05, 4.69) is 10.6 Å². The largest absolute Gasteiger partial charge is 0.495 e. The summed E-state index contributed by atoms with van der Waals surface area (Å²) < 4.78 is 11.1. The monoisotopic (exact) mass is 443 g/mol. The number of hydrogen-bond donors (Lipinski definition) is 2. The summed E-state index contributed by atoms with van der Waals surface area (Å²) >= 11 is 11.2. The Balaban J connectivity index is 1.81. The fourth-order valence-corrected chi connectivity index (χ4v) is 3.02. The van der Waals surface area contributed by atoms with Gasteiger partial charge in [-0.25, -0.2) is 0 Å². The number of nitro benzene ring substituents is 1. The molecule has 3 aromatic rings. The fourth-order valence-electron chi connectivity index (χ4n) is 2.66. The van der Waals surface area contributed by atoms with Gasteiger partial charge in [-0.2, -0.15) is 0 Å². The average Bonchev–Trinajstić information content (AvgIpc) is 2.69. The van der Waals surface area contributed by atoms with Gasteiger partial charge in [0.2, 0.25) is 0 Å². The lowest BCUT2D eigenvalue weighted by Crippen LogP contribution is -2.19. The maximum Gasteiger partial charge on any atom is 0.275 e. The SMILES string of the molecule is COc1ccc(C)cc1NC(=S)Nc1cc(Oc2ccc(Cl)cc2)cc([N+](=O)[O-])c1. The summed E-state index contributed by atoms with van der Waals surface area (Å²) in [6.45, 7) is 1.95. The predicted molar refractivity (Wildman–Crippen MR) is 122 cm³/mol. The Hall–Kier alpha value is -3.36. The molecule has 154 valence electrons. The highest BCUT2D eigenvalue weighted by Gasteiger charge is 2.13. The van der Waals surface area contributed by atoms with E-state index in [1.54, 1.807) is 37.4 Å². The minimum atomic E-state index is -0.500. The zero-order valence-corrected chi connectivity index (χ0v) is 17.7. The smallest absolute Gasteiger partial charge is 0.275 e. The van der Waals surface area contributed by atoms with Gasteiger partial charge in [0.1, 0.15) is 17.2 Å². The molecular weight excluding hydrogens is 426 g/mol. The van der Waals surface area contributed by atoms with E-state index in [1.165, 1.54) is 12.1 Å². The highest BCUT2D eigenvalue weighted by Crippen LogP contribution is 2.31. The van der Waals surface area contributed by atoms with Crippen LogP contribution in [-0.4, -0.2) is 17.1 Å². The number of halogens is 1. The summed E-state index contributed by atoms with van der Waals surface area (Å²) in [7, 11) is 1.56. The lowest BCUT2D eigenvalue weighted by Gasteiger charge is -2.15. The second-order valence-electron chi connectivity index (χ2n) is 6.31. The number of methoxy groups -OCH3 is 1. The molecule has 2 N–H and O–H groups in total. The molecule has 0 saturated heterocycles. The van der Waals surface area contributed by atoms with Crippen LogP contribution in [0.1, 0.15) is 5.56 Å². The molecule has 0 heterocycles. The lowest BCUT2D eigenvalue weighted by atomic mass is 10.2. The number of aryl methyl sites for hydroxylation is 1. The van der Waals surface area contributed by atoms with Crippen LogP contribution in [0.2, 0.25) is 5.02 Å². The van der Waals surface area contributed by atoms with Gasteiger partial charge in [-0.1, -0.05) is 17.7 Å². The van der Waals surface area contributed by atoms with Crippen LogP contribution in [0.4, 0.5) is 17.1 Å². The zero-order chi connectivity index (χ0) is 21.7. The number of hydrogen-bond acceptors (Lipinski definition) is 5. The van der Waals surface area contributed by atoms with Crippen molar-refractivity contribution < 1.29 is 14.4 Å². The van der Waals surface area contributed by atoms with Crippen molar-refractivity contribution in [3.63, 3.8) is 0 Å². The normalized spacial score (nSPS) is 10.2. The lowest BCUT2D eigenvalue weighted by molar-refractivity contribution is -0.384. The predicted octanol–water partition coefficient (Wildman–Crippen LogP) is 6.17. The Bertz CT molecular complexity index is 1090. The summed E-state index contributed by atoms with van der Waals surface area (Å²) in [6.07, 6.45) is 0. The third-order valence-electron chi connectivity index (χ3n) is 4.01. The number of anilines is 2. The van der Waals surface area contributed by atoms with Crippen molar-refractivity contribution in [3.05, 3.63) is 81.4 Å². The first kappa shape index (κ1) is 21.4. The number of benzene rings is 3. The van der Waals surface area contributed by atoms with Crippen LogP contribution in [0, 0.1) is 17.0 Å². The van der Waals surface area contributed by atoms with E-state index >= 15 is 0 Å². The molecule has 0 unspecified atom stereocenters. The number of nitrogens with one attached hydrogen (secondary N) is 2. The van der Waals surface area contributed by atoms with E-state index < -0.39 is 4.92 Å². The Labute approximate surface area is 183 Å². The first-order chi connectivity index (χ1) is 14.3. The van der Waals surface area contributed by atoms with E-state index in [0.717, 1.165) is 5.56 Å². The van der Waals surface area contributed by atoms with Gasteiger partial charge >= 0.3 is 0 Å². The molecule has 9 heteroatoms. The van der Waals surface area contributed by atoms with E-state index in [0.29, 0.717) is 27.9 Å². The molecule has 0 atom stereocenters. The summed E-state index contributed by atoms with van der Waals surface area (Å²) in [6, 6.07) is 16.6. The van der Waals surface area contributed by atoms with Crippen LogP contribution in [0.3, 0.4) is 0 Å². The van der Waals surface area contributed by atoms with Crippen molar-refractivity contribution in [3.8, 4) is 17.2 Å². The van der Waals surface area contributed by atoms with Crippen LogP contribution in [0.5, 0.6) is 17.2 Å². The molecule has 0 amide bonds. The quantitative estimate of drug-likeness (QED) is 0.268. The second kappa shape index (κ2) is 9.43. The van der Waals surface area contributed by atoms with Crippen molar-refractivity contribution in [1.29, 1.82) is 0 Å². The number of nitro groups is 1. The minimum absolute atomic E-state index is 0.139. The van der Waals surface area contributed by atoms with E-state index in [-0.39, 0.29) is 16.5 Å². The Kier molecular flexibility index (Phi) is 6.71. The molecule has 0 fully saturated rings. The highest BCUT2D eigenvalue weighted by atomic mass is 35.5. The first-order valence-electron chi connectivity index (χ1n) is 8.79. The molecule has 0 spiro atoms. The van der Waals surface area contributed by atoms with E-state index in [9.17, 15) is 10.1 Å². The first-order valence-corrected chi connectivity index (χ1v) is 9.58. The average molecular weight is 444 g/mol. The number of non-ortho nitro benzene ring substituents is 1. The van der Waals surface area contributed by atoms with Crippen LogP contribution in [-0.2, 0) is 0 Å². The van der Waals surface area contributed by atoms with Crippen molar-refractivity contribution in [2.45, 2.75) is 6.92 Å². The summed E-state index contributed by atoms with van der Waals surface area (Å²) in [5.74, 6) is 1.40. The summed E-state index contributed by atoms with van der Waals surface area (Å²) in [4.78, 5) is 10.8. The number of ether oxygens (including phenoxy) is 2. The number of nitrogens with zero attached hydrogens (tertiary/aromatic N) is 1. The molecule has 3 aromatic carbocycles. The molecule has 7 nitrogen and oxygen atoms in total. The van der Waals surface area contributed by atoms with Crippen molar-refractivity contribution >= 4 is 46.0 Å². The minimum Gasteiger partial charge on any atom is -0.495 e. The third kappa shape index (κ3) is 5.59. The molecule has 0 aliphatic heterocycles. The maximum atomic E-state index is 11.3. The molecule has 0 saturated carbocycles. The zero-order valence-electron chi connectivity index (χ0n) is 16.1. The molecule has 3 rings (SSSR count). The van der Waals surface area contributed by atoms with Crippen molar-refractivity contribution in [2.75, 3.05) is 17.7 Å². The summed E-state index contributed by atoms with van der Waals surface area (Å²) in [5, 5.41) is 18.1. The molecule has 0 aromatic heterocycles. The fraction of sp³-hybridized carbons (Fsp3) is 0.0952. The van der Waals surface area contributed by atoms with E-state index in [1.807, 2.05) is 25.1 Å². The van der Waals surface area contributed by atoms with Gasteiger partial charge in [-0.05, 0) is 61.1 Å². The molecule has 0 radical (unpaired) electrons.